The minimum Gasteiger partial charge on any atom is -0.486 e. The Labute approximate surface area is 121 Å². The molecule has 0 radical (unpaired) electrons. The molecule has 0 bridgehead atoms. The minimum absolute atomic E-state index is 0.0569. The highest BCUT2D eigenvalue weighted by atomic mass is 79.9. The molecule has 0 spiro atoms. The summed E-state index contributed by atoms with van der Waals surface area (Å²) in [4.78, 5) is 0.0569. The van der Waals surface area contributed by atoms with Crippen molar-refractivity contribution in [1.82, 2.24) is 0 Å². The molecule has 1 aliphatic heterocycles. The van der Waals surface area contributed by atoms with Gasteiger partial charge in [-0.15, -0.1) is 0 Å². The van der Waals surface area contributed by atoms with E-state index in [-0.39, 0.29) is 4.83 Å². The van der Waals surface area contributed by atoms with Crippen molar-refractivity contribution in [2.24, 2.45) is 0 Å². The van der Waals surface area contributed by atoms with E-state index in [1.165, 1.54) is 0 Å². The minimum atomic E-state index is 0.0569. The molecule has 0 saturated heterocycles. The molecule has 0 aliphatic carbocycles. The molecule has 0 amide bonds. The van der Waals surface area contributed by atoms with Crippen LogP contribution in [0.3, 0.4) is 0 Å². The predicted octanol–water partition coefficient (Wildman–Crippen LogP) is 4.30. The smallest absolute Gasteiger partial charge is 0.162 e. The predicted molar refractivity (Wildman–Crippen MR) is 74.6 cm³/mol. The van der Waals surface area contributed by atoms with E-state index in [4.69, 9.17) is 13.9 Å². The van der Waals surface area contributed by atoms with Gasteiger partial charge in [0.15, 0.2) is 11.5 Å². The third-order valence-corrected chi connectivity index (χ3v) is 4.48. The quantitative estimate of drug-likeness (QED) is 0.735. The number of ether oxygens (including phenoxy) is 2. The van der Waals surface area contributed by atoms with Crippen LogP contribution in [-0.4, -0.2) is 13.2 Å². The zero-order valence-corrected chi connectivity index (χ0v) is 12.5. The molecule has 1 aromatic heterocycles. The highest BCUT2D eigenvalue weighted by molar-refractivity contribution is 9.11. The van der Waals surface area contributed by atoms with Crippen LogP contribution in [0.1, 0.15) is 16.0 Å². The van der Waals surface area contributed by atoms with Gasteiger partial charge in [-0.1, -0.05) is 31.9 Å². The van der Waals surface area contributed by atoms with Crippen LogP contribution < -0.4 is 9.47 Å². The fourth-order valence-electron chi connectivity index (χ4n) is 1.87. The molecule has 0 fully saturated rings. The van der Waals surface area contributed by atoms with Crippen molar-refractivity contribution in [3.63, 3.8) is 0 Å². The van der Waals surface area contributed by atoms with E-state index < -0.39 is 0 Å². The van der Waals surface area contributed by atoms with Crippen molar-refractivity contribution >= 4 is 31.9 Å². The Hall–Kier alpha value is -0.940. The van der Waals surface area contributed by atoms with Gasteiger partial charge < -0.3 is 13.9 Å². The average Bonchev–Trinajstić information content (AvgIpc) is 2.91. The van der Waals surface area contributed by atoms with E-state index in [2.05, 4.69) is 31.9 Å². The highest BCUT2D eigenvalue weighted by Crippen LogP contribution is 2.42. The molecule has 18 heavy (non-hydrogen) atoms. The Balaban J connectivity index is 2.01. The van der Waals surface area contributed by atoms with Gasteiger partial charge in [-0.25, -0.2) is 0 Å². The molecule has 2 heterocycles. The molecule has 3 nitrogen and oxygen atoms in total. The second kappa shape index (κ2) is 4.97. The second-order valence-corrected chi connectivity index (χ2v) is 5.71. The lowest BCUT2D eigenvalue weighted by molar-refractivity contribution is 0.171. The summed E-state index contributed by atoms with van der Waals surface area (Å²) < 4.78 is 17.2. The van der Waals surface area contributed by atoms with Crippen molar-refractivity contribution in [1.29, 1.82) is 0 Å². The van der Waals surface area contributed by atoms with Gasteiger partial charge in [0.2, 0.25) is 0 Å². The molecule has 1 atom stereocenters. The molecule has 5 heteroatoms. The summed E-state index contributed by atoms with van der Waals surface area (Å²) in [6.45, 7) is 1.19. The molecule has 1 aliphatic rings. The van der Waals surface area contributed by atoms with E-state index in [0.717, 1.165) is 27.1 Å². The Morgan fingerprint density at radius 1 is 1.11 bits per heavy atom. The lowest BCUT2D eigenvalue weighted by Gasteiger charge is -2.21. The third kappa shape index (κ3) is 2.17. The number of hydrogen-bond acceptors (Lipinski definition) is 3. The van der Waals surface area contributed by atoms with Gasteiger partial charge in [-0.3, -0.25) is 0 Å². The topological polar surface area (TPSA) is 31.6 Å². The van der Waals surface area contributed by atoms with Gasteiger partial charge in [0.05, 0.1) is 17.4 Å². The first-order chi connectivity index (χ1) is 8.75. The summed E-state index contributed by atoms with van der Waals surface area (Å²) in [6.07, 6.45) is 3.39. The van der Waals surface area contributed by atoms with Crippen molar-refractivity contribution in [3.8, 4) is 11.5 Å². The van der Waals surface area contributed by atoms with Crippen molar-refractivity contribution < 1.29 is 13.9 Å². The summed E-state index contributed by atoms with van der Waals surface area (Å²) in [6, 6.07) is 5.87. The largest absolute Gasteiger partial charge is 0.486 e. The zero-order chi connectivity index (χ0) is 12.5. The number of fused-ring (bicyclic) bond motifs is 1. The molecule has 1 unspecified atom stereocenters. The van der Waals surface area contributed by atoms with E-state index >= 15 is 0 Å². The normalized spacial score (nSPS) is 15.4. The van der Waals surface area contributed by atoms with Gasteiger partial charge in [0.25, 0.3) is 0 Å². The van der Waals surface area contributed by atoms with Gasteiger partial charge >= 0.3 is 0 Å². The van der Waals surface area contributed by atoms with E-state index in [1.807, 2.05) is 18.2 Å². The maximum absolute atomic E-state index is 5.60. The number of alkyl halides is 1. The Morgan fingerprint density at radius 2 is 1.83 bits per heavy atom. The van der Waals surface area contributed by atoms with Gasteiger partial charge in [0.1, 0.15) is 13.2 Å². The molecule has 0 N–H and O–H groups in total. The summed E-state index contributed by atoms with van der Waals surface area (Å²) in [5.74, 6) is 1.57. The standard InChI is InChI=1S/C13H10Br2O3/c14-10-6-12-11(17-3-4-18-12)5-9(10)13(15)8-1-2-16-7-8/h1-2,5-7,13H,3-4H2. The first-order valence-corrected chi connectivity index (χ1v) is 7.22. The molecular weight excluding hydrogens is 364 g/mol. The Morgan fingerprint density at radius 3 is 2.50 bits per heavy atom. The summed E-state index contributed by atoms with van der Waals surface area (Å²) in [7, 11) is 0. The van der Waals surface area contributed by atoms with E-state index in [1.54, 1.807) is 12.5 Å². The van der Waals surface area contributed by atoms with Crippen molar-refractivity contribution in [2.45, 2.75) is 4.83 Å². The van der Waals surface area contributed by atoms with Crippen LogP contribution in [0.4, 0.5) is 0 Å². The molecule has 3 rings (SSSR count). The number of furan rings is 1. The van der Waals surface area contributed by atoms with Crippen LogP contribution >= 0.6 is 31.9 Å². The van der Waals surface area contributed by atoms with Gasteiger partial charge in [-0.2, -0.15) is 0 Å². The van der Waals surface area contributed by atoms with Crippen LogP contribution in [0.15, 0.2) is 39.6 Å². The SMILES string of the molecule is Brc1cc2c(cc1C(Br)c1ccoc1)OCCO2. The van der Waals surface area contributed by atoms with Crippen LogP contribution in [-0.2, 0) is 0 Å². The fourth-order valence-corrected chi connectivity index (χ4v) is 3.37. The summed E-state index contributed by atoms with van der Waals surface area (Å²) in [5, 5.41) is 0. The summed E-state index contributed by atoms with van der Waals surface area (Å²) in [5.41, 5.74) is 2.15. The average molecular weight is 374 g/mol. The lowest BCUT2D eigenvalue weighted by Crippen LogP contribution is -2.15. The van der Waals surface area contributed by atoms with Gasteiger partial charge in [-0.05, 0) is 23.8 Å². The maximum atomic E-state index is 5.60. The zero-order valence-electron chi connectivity index (χ0n) is 9.36. The van der Waals surface area contributed by atoms with Crippen LogP contribution in [0.5, 0.6) is 11.5 Å². The molecule has 94 valence electrons. The lowest BCUT2D eigenvalue weighted by atomic mass is 10.1. The van der Waals surface area contributed by atoms with E-state index in [9.17, 15) is 0 Å². The Kier molecular flexibility index (Phi) is 3.35. The molecular formula is C13H10Br2O3. The van der Waals surface area contributed by atoms with Crippen molar-refractivity contribution in [3.05, 3.63) is 46.3 Å². The van der Waals surface area contributed by atoms with Crippen LogP contribution in [0.2, 0.25) is 0 Å². The van der Waals surface area contributed by atoms with Crippen LogP contribution in [0, 0.1) is 0 Å². The monoisotopic (exact) mass is 372 g/mol. The highest BCUT2D eigenvalue weighted by Gasteiger charge is 2.20. The van der Waals surface area contributed by atoms with Crippen molar-refractivity contribution in [2.75, 3.05) is 13.2 Å². The maximum Gasteiger partial charge on any atom is 0.162 e. The second-order valence-electron chi connectivity index (χ2n) is 3.94. The van der Waals surface area contributed by atoms with Gasteiger partial charge in [0, 0.05) is 10.0 Å². The molecule has 1 aromatic carbocycles. The fraction of sp³-hybridized carbons (Fsp3) is 0.231. The number of hydrogen-bond donors (Lipinski definition) is 0. The first kappa shape index (κ1) is 12.1. The number of halogens is 2. The first-order valence-electron chi connectivity index (χ1n) is 5.51. The Bertz CT molecular complexity index is 552. The third-order valence-electron chi connectivity index (χ3n) is 2.77. The number of rotatable bonds is 2. The molecule has 2 aromatic rings. The molecule has 0 saturated carbocycles. The summed E-state index contributed by atoms with van der Waals surface area (Å²) >= 11 is 7.23. The number of benzene rings is 1. The van der Waals surface area contributed by atoms with E-state index in [0.29, 0.717) is 13.2 Å². The van der Waals surface area contributed by atoms with Crippen LogP contribution in [0.25, 0.3) is 0 Å².